The van der Waals surface area contributed by atoms with E-state index in [1.165, 1.54) is 45.1 Å². The number of nitrogens with one attached hydrogen (secondary N) is 1. The summed E-state index contributed by atoms with van der Waals surface area (Å²) < 4.78 is 0. The second-order valence-electron chi connectivity index (χ2n) is 6.24. The first-order chi connectivity index (χ1) is 7.03. The molecular weight excluding hydrogens is 182 g/mol. The van der Waals surface area contributed by atoms with Crippen LogP contribution in [0.15, 0.2) is 0 Å². The average Bonchev–Trinajstić information content (AvgIpc) is 2.17. The third-order valence-corrected chi connectivity index (χ3v) is 3.88. The van der Waals surface area contributed by atoms with Gasteiger partial charge in [-0.2, -0.15) is 0 Å². The molecule has 0 aliphatic heterocycles. The lowest BCUT2D eigenvalue weighted by molar-refractivity contribution is 0.203. The summed E-state index contributed by atoms with van der Waals surface area (Å²) in [7, 11) is 0. The molecule has 0 aromatic rings. The largest absolute Gasteiger partial charge is 0.314 e. The van der Waals surface area contributed by atoms with Gasteiger partial charge in [0.05, 0.1) is 0 Å². The number of hydrogen-bond acceptors (Lipinski definition) is 1. The summed E-state index contributed by atoms with van der Waals surface area (Å²) in [5, 5.41) is 3.74. The predicted octanol–water partition coefficient (Wildman–Crippen LogP) is 3.98. The monoisotopic (exact) mass is 211 g/mol. The Bertz CT molecular complexity index is 164. The normalized spacial score (nSPS) is 24.0. The Kier molecular flexibility index (Phi) is 5.11. The highest BCUT2D eigenvalue weighted by atomic mass is 14.9. The Balaban J connectivity index is 2.13. The van der Waals surface area contributed by atoms with Crippen molar-refractivity contribution in [3.05, 3.63) is 0 Å². The zero-order valence-corrected chi connectivity index (χ0v) is 11.1. The van der Waals surface area contributed by atoms with Crippen molar-refractivity contribution >= 4 is 0 Å². The standard InChI is InChI=1S/C14H29N/c1-5-6-12(2)11-15-13-7-9-14(3,4)10-8-13/h12-13,15H,5-11H2,1-4H3. The summed E-state index contributed by atoms with van der Waals surface area (Å²) in [6, 6.07) is 0.803. The molecule has 0 bridgehead atoms. The van der Waals surface area contributed by atoms with E-state index in [4.69, 9.17) is 0 Å². The van der Waals surface area contributed by atoms with Crippen LogP contribution in [0.5, 0.6) is 0 Å². The van der Waals surface area contributed by atoms with Crippen LogP contribution in [0.3, 0.4) is 0 Å². The molecule has 0 radical (unpaired) electrons. The Morgan fingerprint density at radius 1 is 1.27 bits per heavy atom. The molecule has 1 fully saturated rings. The van der Waals surface area contributed by atoms with E-state index in [0.717, 1.165) is 12.0 Å². The molecule has 1 aliphatic carbocycles. The molecule has 0 heterocycles. The van der Waals surface area contributed by atoms with E-state index >= 15 is 0 Å². The first-order valence-corrected chi connectivity index (χ1v) is 6.77. The molecule has 1 aliphatic rings. The SMILES string of the molecule is CCCC(C)CNC1CCC(C)(C)CC1. The maximum Gasteiger partial charge on any atom is 0.00675 e. The molecule has 1 unspecified atom stereocenters. The van der Waals surface area contributed by atoms with Crippen molar-refractivity contribution in [2.45, 2.75) is 72.3 Å². The Labute approximate surface area is 96.0 Å². The van der Waals surface area contributed by atoms with Crippen LogP contribution in [0.1, 0.15) is 66.2 Å². The summed E-state index contributed by atoms with van der Waals surface area (Å²) in [4.78, 5) is 0. The Hall–Kier alpha value is -0.0400. The molecule has 1 atom stereocenters. The first kappa shape index (κ1) is 13.0. The van der Waals surface area contributed by atoms with Crippen LogP contribution in [0.2, 0.25) is 0 Å². The predicted molar refractivity (Wildman–Crippen MR) is 68.1 cm³/mol. The number of hydrogen-bond donors (Lipinski definition) is 1. The molecule has 1 N–H and O–H groups in total. The van der Waals surface area contributed by atoms with E-state index < -0.39 is 0 Å². The molecule has 1 heteroatoms. The van der Waals surface area contributed by atoms with Crippen LogP contribution >= 0.6 is 0 Å². The van der Waals surface area contributed by atoms with Crippen molar-refractivity contribution in [3.63, 3.8) is 0 Å². The van der Waals surface area contributed by atoms with Crippen molar-refractivity contribution in [1.82, 2.24) is 5.32 Å². The second kappa shape index (κ2) is 5.89. The molecule has 0 amide bonds. The highest BCUT2D eigenvalue weighted by Gasteiger charge is 2.26. The van der Waals surface area contributed by atoms with Gasteiger partial charge in [-0.15, -0.1) is 0 Å². The molecule has 1 nitrogen and oxygen atoms in total. The van der Waals surface area contributed by atoms with Crippen molar-refractivity contribution in [2.24, 2.45) is 11.3 Å². The van der Waals surface area contributed by atoms with Gasteiger partial charge in [0.1, 0.15) is 0 Å². The van der Waals surface area contributed by atoms with Gasteiger partial charge in [-0.3, -0.25) is 0 Å². The van der Waals surface area contributed by atoms with Crippen LogP contribution in [0, 0.1) is 11.3 Å². The van der Waals surface area contributed by atoms with E-state index in [2.05, 4.69) is 33.0 Å². The lowest BCUT2D eigenvalue weighted by Crippen LogP contribution is -2.37. The van der Waals surface area contributed by atoms with Crippen molar-refractivity contribution < 1.29 is 0 Å². The van der Waals surface area contributed by atoms with Gasteiger partial charge >= 0.3 is 0 Å². The molecule has 0 aromatic carbocycles. The maximum absolute atomic E-state index is 3.74. The Morgan fingerprint density at radius 3 is 2.40 bits per heavy atom. The number of rotatable bonds is 5. The minimum Gasteiger partial charge on any atom is -0.314 e. The summed E-state index contributed by atoms with van der Waals surface area (Å²) in [5.41, 5.74) is 0.604. The maximum atomic E-state index is 3.74. The lowest BCUT2D eigenvalue weighted by Gasteiger charge is -2.35. The zero-order valence-electron chi connectivity index (χ0n) is 11.1. The van der Waals surface area contributed by atoms with E-state index in [0.29, 0.717) is 5.41 Å². The van der Waals surface area contributed by atoms with E-state index in [1.807, 2.05) is 0 Å². The summed E-state index contributed by atoms with van der Waals surface area (Å²) >= 11 is 0. The fourth-order valence-corrected chi connectivity index (χ4v) is 2.57. The third-order valence-electron chi connectivity index (χ3n) is 3.88. The van der Waals surface area contributed by atoms with Crippen LogP contribution in [-0.4, -0.2) is 12.6 Å². The summed E-state index contributed by atoms with van der Waals surface area (Å²) in [6.07, 6.45) is 8.24. The van der Waals surface area contributed by atoms with Gasteiger partial charge in [0, 0.05) is 6.04 Å². The average molecular weight is 211 g/mol. The van der Waals surface area contributed by atoms with E-state index in [9.17, 15) is 0 Å². The molecule has 0 aromatic heterocycles. The Morgan fingerprint density at radius 2 is 1.87 bits per heavy atom. The van der Waals surface area contributed by atoms with Crippen molar-refractivity contribution in [3.8, 4) is 0 Å². The van der Waals surface area contributed by atoms with E-state index in [-0.39, 0.29) is 0 Å². The third kappa shape index (κ3) is 5.01. The highest BCUT2D eigenvalue weighted by molar-refractivity contribution is 4.82. The van der Waals surface area contributed by atoms with Crippen LogP contribution < -0.4 is 5.32 Å². The van der Waals surface area contributed by atoms with Crippen LogP contribution in [0.25, 0.3) is 0 Å². The summed E-state index contributed by atoms with van der Waals surface area (Å²) in [6.45, 7) is 10.7. The van der Waals surface area contributed by atoms with Crippen molar-refractivity contribution in [2.75, 3.05) is 6.54 Å². The summed E-state index contributed by atoms with van der Waals surface area (Å²) in [5.74, 6) is 0.852. The van der Waals surface area contributed by atoms with Gasteiger partial charge in [0.25, 0.3) is 0 Å². The minimum absolute atomic E-state index is 0.604. The minimum atomic E-state index is 0.604. The van der Waals surface area contributed by atoms with Crippen LogP contribution in [0.4, 0.5) is 0 Å². The lowest BCUT2D eigenvalue weighted by atomic mass is 9.75. The van der Waals surface area contributed by atoms with Gasteiger partial charge in [-0.25, -0.2) is 0 Å². The van der Waals surface area contributed by atoms with Gasteiger partial charge < -0.3 is 5.32 Å². The second-order valence-corrected chi connectivity index (χ2v) is 6.24. The van der Waals surface area contributed by atoms with Crippen LogP contribution in [-0.2, 0) is 0 Å². The van der Waals surface area contributed by atoms with Gasteiger partial charge in [-0.05, 0) is 50.0 Å². The molecule has 0 saturated heterocycles. The molecule has 15 heavy (non-hydrogen) atoms. The molecule has 0 spiro atoms. The van der Waals surface area contributed by atoms with Gasteiger partial charge in [0.15, 0.2) is 0 Å². The van der Waals surface area contributed by atoms with Gasteiger partial charge in [-0.1, -0.05) is 34.1 Å². The van der Waals surface area contributed by atoms with E-state index in [1.54, 1.807) is 0 Å². The van der Waals surface area contributed by atoms with Gasteiger partial charge in [0.2, 0.25) is 0 Å². The highest BCUT2D eigenvalue weighted by Crippen LogP contribution is 2.34. The fourth-order valence-electron chi connectivity index (χ4n) is 2.57. The first-order valence-electron chi connectivity index (χ1n) is 6.77. The smallest absolute Gasteiger partial charge is 0.00675 e. The molecule has 1 saturated carbocycles. The fraction of sp³-hybridized carbons (Fsp3) is 1.00. The molecule has 1 rings (SSSR count). The zero-order chi connectivity index (χ0) is 11.3. The topological polar surface area (TPSA) is 12.0 Å². The molecule has 90 valence electrons. The van der Waals surface area contributed by atoms with Crippen molar-refractivity contribution in [1.29, 1.82) is 0 Å². The molecular formula is C14H29N. The quantitative estimate of drug-likeness (QED) is 0.725.